The molecule has 0 spiro atoms. The Balaban J connectivity index is 1.81. The highest BCUT2D eigenvalue weighted by Gasteiger charge is 2.21. The van der Waals surface area contributed by atoms with Crippen LogP contribution in [0.4, 0.5) is 5.69 Å². The maximum absolute atomic E-state index is 12.8. The molecule has 0 aliphatic carbocycles. The Labute approximate surface area is 160 Å². The summed E-state index contributed by atoms with van der Waals surface area (Å²) in [4.78, 5) is 27.1. The average Bonchev–Trinajstić information content (AvgIpc) is 2.64. The number of carbonyl (C=O) groups excluding carboxylic acids is 2. The number of ether oxygens (including phenoxy) is 1. The zero-order valence-electron chi connectivity index (χ0n) is 13.9. The molecular weight excluding hydrogens is 431 g/mol. The molecule has 0 atom stereocenters. The summed E-state index contributed by atoms with van der Waals surface area (Å²) in [7, 11) is 0. The summed E-state index contributed by atoms with van der Waals surface area (Å²) in [6.07, 6.45) is 0. The molecule has 2 aromatic carbocycles. The molecule has 1 N–H and O–H groups in total. The highest BCUT2D eigenvalue weighted by Crippen LogP contribution is 2.20. The van der Waals surface area contributed by atoms with Gasteiger partial charge in [0.15, 0.2) is 0 Å². The van der Waals surface area contributed by atoms with E-state index < -0.39 is 0 Å². The smallest absolute Gasteiger partial charge is 0.256 e. The average molecular weight is 450 g/mol. The molecule has 0 aromatic heterocycles. The Bertz CT molecular complexity index is 801. The number of morpholine rings is 1. The third-order valence-corrected chi connectivity index (χ3v) is 5.30. The summed E-state index contributed by atoms with van der Waals surface area (Å²) in [5, 5.41) is 2.87. The minimum absolute atomic E-state index is 0.0855. The molecule has 0 unspecified atom stereocenters. The van der Waals surface area contributed by atoms with E-state index in [1.165, 1.54) is 0 Å². The molecule has 2 amide bonds. The van der Waals surface area contributed by atoms with Crippen molar-refractivity contribution in [3.05, 3.63) is 62.7 Å². The van der Waals surface area contributed by atoms with Gasteiger partial charge in [0.05, 0.1) is 24.5 Å². The number of hydrogen-bond donors (Lipinski definition) is 1. The van der Waals surface area contributed by atoms with Crippen LogP contribution in [0.5, 0.6) is 0 Å². The van der Waals surface area contributed by atoms with Gasteiger partial charge in [-0.2, -0.15) is 0 Å². The predicted molar refractivity (Wildman–Crippen MR) is 105 cm³/mol. The topological polar surface area (TPSA) is 58.6 Å². The minimum Gasteiger partial charge on any atom is -0.378 e. The zero-order chi connectivity index (χ0) is 17.8. The first-order chi connectivity index (χ1) is 12.1. The van der Waals surface area contributed by atoms with Crippen LogP contribution in [0.1, 0.15) is 26.3 Å². The summed E-state index contributed by atoms with van der Waals surface area (Å²) >= 11 is 2.21. The van der Waals surface area contributed by atoms with Crippen LogP contribution in [0.15, 0.2) is 42.5 Å². The predicted octanol–water partition coefficient (Wildman–Crippen LogP) is 3.32. The zero-order valence-corrected chi connectivity index (χ0v) is 16.1. The third-order valence-electron chi connectivity index (χ3n) is 4.14. The second-order valence-corrected chi connectivity index (χ2v) is 7.03. The van der Waals surface area contributed by atoms with Crippen molar-refractivity contribution in [1.82, 2.24) is 4.90 Å². The minimum atomic E-state index is -0.222. The van der Waals surface area contributed by atoms with Crippen LogP contribution in [0, 0.1) is 10.5 Å². The summed E-state index contributed by atoms with van der Waals surface area (Å²) in [6.45, 7) is 4.22. The van der Waals surface area contributed by atoms with Crippen molar-refractivity contribution < 1.29 is 14.3 Å². The van der Waals surface area contributed by atoms with Crippen LogP contribution in [0.3, 0.4) is 0 Å². The van der Waals surface area contributed by atoms with E-state index >= 15 is 0 Å². The maximum Gasteiger partial charge on any atom is 0.256 e. The van der Waals surface area contributed by atoms with Crippen LogP contribution < -0.4 is 5.32 Å². The number of nitrogens with one attached hydrogen (secondary N) is 1. The molecule has 5 nitrogen and oxygen atoms in total. The van der Waals surface area contributed by atoms with E-state index in [9.17, 15) is 9.59 Å². The van der Waals surface area contributed by atoms with E-state index in [1.807, 2.05) is 25.1 Å². The summed E-state index contributed by atoms with van der Waals surface area (Å²) in [5.41, 5.74) is 2.72. The molecule has 0 saturated carbocycles. The summed E-state index contributed by atoms with van der Waals surface area (Å²) in [5.74, 6) is -0.308. The first-order valence-corrected chi connectivity index (χ1v) is 9.17. The number of nitrogens with zero attached hydrogens (tertiary/aromatic N) is 1. The lowest BCUT2D eigenvalue weighted by Gasteiger charge is -2.27. The van der Waals surface area contributed by atoms with Gasteiger partial charge in [0, 0.05) is 22.2 Å². The molecule has 2 aromatic rings. The molecule has 3 rings (SSSR count). The van der Waals surface area contributed by atoms with Gasteiger partial charge in [-0.25, -0.2) is 0 Å². The fraction of sp³-hybridized carbons (Fsp3) is 0.263. The van der Waals surface area contributed by atoms with Crippen molar-refractivity contribution in [2.24, 2.45) is 0 Å². The maximum atomic E-state index is 12.8. The fourth-order valence-electron chi connectivity index (χ4n) is 2.64. The third kappa shape index (κ3) is 4.19. The van der Waals surface area contributed by atoms with Crippen molar-refractivity contribution in [3.63, 3.8) is 0 Å². The first-order valence-electron chi connectivity index (χ1n) is 8.10. The Morgan fingerprint density at radius 2 is 1.84 bits per heavy atom. The van der Waals surface area contributed by atoms with Crippen LogP contribution in [0.25, 0.3) is 0 Å². The molecule has 0 bridgehead atoms. The van der Waals surface area contributed by atoms with Crippen molar-refractivity contribution >= 4 is 40.1 Å². The number of carbonyl (C=O) groups is 2. The Morgan fingerprint density at radius 1 is 1.12 bits per heavy atom. The van der Waals surface area contributed by atoms with Gasteiger partial charge in [0.2, 0.25) is 0 Å². The van der Waals surface area contributed by atoms with Crippen molar-refractivity contribution in [2.75, 3.05) is 31.6 Å². The lowest BCUT2D eigenvalue weighted by molar-refractivity contribution is 0.0303. The SMILES string of the molecule is Cc1ccc(C(=O)Nc2ccccc2C(=O)N2CCOCC2)cc1I. The Morgan fingerprint density at radius 3 is 2.56 bits per heavy atom. The van der Waals surface area contributed by atoms with Crippen LogP contribution in [-0.2, 0) is 4.74 Å². The van der Waals surface area contributed by atoms with Gasteiger partial charge >= 0.3 is 0 Å². The van der Waals surface area contributed by atoms with E-state index in [-0.39, 0.29) is 11.8 Å². The number of aryl methyl sites for hydroxylation is 1. The van der Waals surface area contributed by atoms with E-state index in [1.54, 1.807) is 29.2 Å². The number of hydrogen-bond acceptors (Lipinski definition) is 3. The molecular formula is C19H19IN2O3. The number of rotatable bonds is 3. The van der Waals surface area contributed by atoms with E-state index in [4.69, 9.17) is 4.74 Å². The second-order valence-electron chi connectivity index (χ2n) is 5.87. The van der Waals surface area contributed by atoms with E-state index in [2.05, 4.69) is 27.9 Å². The number of anilines is 1. The van der Waals surface area contributed by atoms with Gasteiger partial charge < -0.3 is 15.0 Å². The van der Waals surface area contributed by atoms with Gasteiger partial charge in [-0.1, -0.05) is 18.2 Å². The van der Waals surface area contributed by atoms with Crippen molar-refractivity contribution in [1.29, 1.82) is 0 Å². The Kier molecular flexibility index (Phi) is 5.70. The molecule has 130 valence electrons. The van der Waals surface area contributed by atoms with Gasteiger partial charge in [0.1, 0.15) is 0 Å². The standard InChI is InChI=1S/C19H19IN2O3/c1-13-6-7-14(12-16(13)20)18(23)21-17-5-3-2-4-15(17)19(24)22-8-10-25-11-9-22/h2-7,12H,8-11H2,1H3,(H,21,23). The van der Waals surface area contributed by atoms with Crippen molar-refractivity contribution in [3.8, 4) is 0 Å². The molecule has 1 heterocycles. The van der Waals surface area contributed by atoms with E-state index in [0.29, 0.717) is 43.1 Å². The number of benzene rings is 2. The molecule has 1 fully saturated rings. The van der Waals surface area contributed by atoms with Gasteiger partial charge in [0.25, 0.3) is 11.8 Å². The molecule has 1 aliphatic rings. The van der Waals surface area contributed by atoms with Gasteiger partial charge in [-0.05, 0) is 59.3 Å². The van der Waals surface area contributed by atoms with Crippen LogP contribution in [-0.4, -0.2) is 43.0 Å². The summed E-state index contributed by atoms with van der Waals surface area (Å²) < 4.78 is 6.33. The molecule has 1 saturated heterocycles. The molecule has 25 heavy (non-hydrogen) atoms. The number of para-hydroxylation sites is 1. The van der Waals surface area contributed by atoms with Crippen molar-refractivity contribution in [2.45, 2.75) is 6.92 Å². The highest BCUT2D eigenvalue weighted by molar-refractivity contribution is 14.1. The number of amides is 2. The van der Waals surface area contributed by atoms with Crippen LogP contribution >= 0.6 is 22.6 Å². The van der Waals surface area contributed by atoms with Gasteiger partial charge in [-0.3, -0.25) is 9.59 Å². The first kappa shape index (κ1) is 17.9. The van der Waals surface area contributed by atoms with E-state index in [0.717, 1.165) is 9.13 Å². The quantitative estimate of drug-likeness (QED) is 0.731. The lowest BCUT2D eigenvalue weighted by atomic mass is 10.1. The fourth-order valence-corrected chi connectivity index (χ4v) is 3.16. The lowest BCUT2D eigenvalue weighted by Crippen LogP contribution is -2.41. The van der Waals surface area contributed by atoms with Gasteiger partial charge in [-0.15, -0.1) is 0 Å². The number of halogens is 1. The monoisotopic (exact) mass is 450 g/mol. The molecule has 0 radical (unpaired) electrons. The molecule has 6 heteroatoms. The van der Waals surface area contributed by atoms with Crippen LogP contribution in [0.2, 0.25) is 0 Å². The highest BCUT2D eigenvalue weighted by atomic mass is 127. The largest absolute Gasteiger partial charge is 0.378 e. The second kappa shape index (κ2) is 7.97. The summed E-state index contributed by atoms with van der Waals surface area (Å²) in [6, 6.07) is 12.7. The Hall–Kier alpha value is -1.93. The normalized spacial score (nSPS) is 14.2. The molecule has 1 aliphatic heterocycles.